The first-order chi connectivity index (χ1) is 15.9. The molecule has 0 aliphatic heterocycles. The lowest BCUT2D eigenvalue weighted by molar-refractivity contribution is -0.161. The van der Waals surface area contributed by atoms with Crippen molar-refractivity contribution in [1.29, 1.82) is 0 Å². The molecule has 0 spiro atoms. The van der Waals surface area contributed by atoms with Gasteiger partial charge in [-0.25, -0.2) is 15.1 Å². The van der Waals surface area contributed by atoms with Crippen LogP contribution in [0.5, 0.6) is 0 Å². The molecule has 4 rings (SSSR count). The fraction of sp³-hybridized carbons (Fsp3) is 0.400. The van der Waals surface area contributed by atoms with Crippen LogP contribution in [0.4, 0.5) is 4.79 Å². The Hall–Kier alpha value is -3.39. The molecule has 0 heterocycles. The molecule has 174 valence electrons. The van der Waals surface area contributed by atoms with Crippen LogP contribution in [0.3, 0.4) is 0 Å². The number of hydrogen-bond acceptors (Lipinski definition) is 5. The summed E-state index contributed by atoms with van der Waals surface area (Å²) in [5.41, 5.74) is 5.49. The molecule has 0 aromatic heterocycles. The van der Waals surface area contributed by atoms with Crippen molar-refractivity contribution >= 4 is 18.0 Å². The van der Waals surface area contributed by atoms with Crippen LogP contribution in [0.1, 0.15) is 56.1 Å². The summed E-state index contributed by atoms with van der Waals surface area (Å²) in [4.78, 5) is 41.6. The van der Waals surface area contributed by atoms with Gasteiger partial charge in [0, 0.05) is 5.92 Å². The van der Waals surface area contributed by atoms with Crippen LogP contribution in [-0.4, -0.2) is 41.3 Å². The summed E-state index contributed by atoms with van der Waals surface area (Å²) in [7, 11) is 0. The van der Waals surface area contributed by atoms with E-state index in [1.165, 1.54) is 6.92 Å². The molecule has 0 radical (unpaired) electrons. The molecule has 2 amide bonds. The smallest absolute Gasteiger partial charge is 0.408 e. The standard InChI is InChI=1S/C25H28N2O6/c1-16(22(28)29)33-27-23(30)25(13-7-2-8-14-25)26-24(31)32-15-21-19-11-5-3-9-17(19)18-10-4-6-12-20(18)21/h3-6,9-12,16,21H,2,7-8,13-15H2,1H3,(H,26,31)(H,27,30)(H,28,29). The van der Waals surface area contributed by atoms with E-state index in [2.05, 4.69) is 22.9 Å². The van der Waals surface area contributed by atoms with Gasteiger partial charge in [-0.05, 0) is 42.0 Å². The van der Waals surface area contributed by atoms with Gasteiger partial charge in [0.2, 0.25) is 0 Å². The third kappa shape index (κ3) is 4.71. The fourth-order valence-corrected chi connectivity index (χ4v) is 4.68. The van der Waals surface area contributed by atoms with Crippen molar-refractivity contribution in [3.05, 3.63) is 59.7 Å². The number of fused-ring (bicyclic) bond motifs is 3. The minimum atomic E-state index is -1.20. The number of hydroxylamine groups is 1. The maximum atomic E-state index is 12.9. The monoisotopic (exact) mass is 452 g/mol. The molecule has 2 aliphatic carbocycles. The van der Waals surface area contributed by atoms with E-state index in [1.54, 1.807) is 0 Å². The number of carbonyl (C=O) groups excluding carboxylic acids is 2. The van der Waals surface area contributed by atoms with Gasteiger partial charge in [0.05, 0.1) is 0 Å². The number of carboxylic acid groups (broad SMARTS) is 1. The predicted octanol–water partition coefficient (Wildman–Crippen LogP) is 3.75. The second kappa shape index (κ2) is 9.62. The summed E-state index contributed by atoms with van der Waals surface area (Å²) in [6.45, 7) is 1.46. The zero-order valence-corrected chi connectivity index (χ0v) is 18.5. The van der Waals surface area contributed by atoms with Gasteiger partial charge in [0.1, 0.15) is 12.1 Å². The Kier molecular flexibility index (Phi) is 6.65. The first-order valence-electron chi connectivity index (χ1n) is 11.2. The molecule has 0 saturated heterocycles. The molecule has 1 unspecified atom stereocenters. The van der Waals surface area contributed by atoms with Crippen molar-refractivity contribution in [2.45, 2.75) is 56.6 Å². The lowest BCUT2D eigenvalue weighted by Crippen LogP contribution is -2.60. The van der Waals surface area contributed by atoms with E-state index in [-0.39, 0.29) is 12.5 Å². The number of ether oxygens (including phenoxy) is 1. The predicted molar refractivity (Wildman–Crippen MR) is 120 cm³/mol. The number of carbonyl (C=O) groups is 3. The first-order valence-corrected chi connectivity index (χ1v) is 11.2. The summed E-state index contributed by atoms with van der Waals surface area (Å²) < 4.78 is 5.62. The van der Waals surface area contributed by atoms with Crippen molar-refractivity contribution in [3.63, 3.8) is 0 Å². The highest BCUT2D eigenvalue weighted by Gasteiger charge is 2.42. The lowest BCUT2D eigenvalue weighted by atomic mass is 9.81. The number of amides is 2. The molecule has 1 fully saturated rings. The van der Waals surface area contributed by atoms with Gasteiger partial charge in [0.15, 0.2) is 6.10 Å². The van der Waals surface area contributed by atoms with Gasteiger partial charge >= 0.3 is 12.1 Å². The molecule has 8 heteroatoms. The van der Waals surface area contributed by atoms with Gasteiger partial charge in [-0.15, -0.1) is 0 Å². The third-order valence-corrected chi connectivity index (χ3v) is 6.50. The van der Waals surface area contributed by atoms with Crippen LogP contribution in [0.2, 0.25) is 0 Å². The highest BCUT2D eigenvalue weighted by atomic mass is 16.7. The van der Waals surface area contributed by atoms with E-state index in [9.17, 15) is 14.4 Å². The van der Waals surface area contributed by atoms with Crippen molar-refractivity contribution in [3.8, 4) is 11.1 Å². The van der Waals surface area contributed by atoms with Gasteiger partial charge in [-0.2, -0.15) is 0 Å². The van der Waals surface area contributed by atoms with Crippen molar-refractivity contribution in [2.75, 3.05) is 6.61 Å². The molecule has 8 nitrogen and oxygen atoms in total. The van der Waals surface area contributed by atoms with Crippen LogP contribution < -0.4 is 10.8 Å². The molecule has 2 aromatic rings. The van der Waals surface area contributed by atoms with Gasteiger partial charge in [-0.3, -0.25) is 9.63 Å². The molecule has 1 atom stereocenters. The Balaban J connectivity index is 1.43. The number of nitrogens with one attached hydrogen (secondary N) is 2. The van der Waals surface area contributed by atoms with E-state index in [1.807, 2.05) is 36.4 Å². The quantitative estimate of drug-likeness (QED) is 0.552. The number of aliphatic carboxylic acids is 1. The van der Waals surface area contributed by atoms with Crippen LogP contribution in [0, 0.1) is 0 Å². The fourth-order valence-electron chi connectivity index (χ4n) is 4.68. The Labute approximate surface area is 192 Å². The summed E-state index contributed by atoms with van der Waals surface area (Å²) >= 11 is 0. The zero-order valence-electron chi connectivity index (χ0n) is 18.5. The highest BCUT2D eigenvalue weighted by Crippen LogP contribution is 2.44. The van der Waals surface area contributed by atoms with Crippen molar-refractivity contribution < 1.29 is 29.1 Å². The topological polar surface area (TPSA) is 114 Å². The minimum Gasteiger partial charge on any atom is -0.479 e. The van der Waals surface area contributed by atoms with Crippen LogP contribution in [-0.2, 0) is 19.2 Å². The van der Waals surface area contributed by atoms with Gasteiger partial charge in [0.25, 0.3) is 5.91 Å². The first kappa shape index (κ1) is 22.8. The SMILES string of the molecule is CC(ONC(=O)C1(NC(=O)OCC2c3ccccc3-c3ccccc32)CCCCC1)C(=O)O. The molecule has 1 saturated carbocycles. The summed E-state index contributed by atoms with van der Waals surface area (Å²) in [5.74, 6) is -1.85. The number of rotatable bonds is 7. The second-order valence-electron chi connectivity index (χ2n) is 8.62. The number of carboxylic acids is 1. The van der Waals surface area contributed by atoms with Crippen LogP contribution >= 0.6 is 0 Å². The Morgan fingerprint density at radius 2 is 1.58 bits per heavy atom. The summed E-state index contributed by atoms with van der Waals surface area (Å²) in [6, 6.07) is 16.1. The van der Waals surface area contributed by atoms with Crippen LogP contribution in [0.25, 0.3) is 11.1 Å². The Morgan fingerprint density at radius 3 is 2.15 bits per heavy atom. The van der Waals surface area contributed by atoms with Crippen LogP contribution in [0.15, 0.2) is 48.5 Å². The second-order valence-corrected chi connectivity index (χ2v) is 8.62. The zero-order chi connectivity index (χ0) is 23.4. The molecule has 33 heavy (non-hydrogen) atoms. The maximum Gasteiger partial charge on any atom is 0.408 e. The largest absolute Gasteiger partial charge is 0.479 e. The van der Waals surface area contributed by atoms with E-state index < -0.39 is 29.6 Å². The van der Waals surface area contributed by atoms with E-state index in [0.717, 1.165) is 41.5 Å². The summed E-state index contributed by atoms with van der Waals surface area (Å²) in [5, 5.41) is 11.7. The Morgan fingerprint density at radius 1 is 1.00 bits per heavy atom. The van der Waals surface area contributed by atoms with Crippen molar-refractivity contribution in [1.82, 2.24) is 10.8 Å². The minimum absolute atomic E-state index is 0.0842. The highest BCUT2D eigenvalue weighted by molar-refractivity contribution is 5.89. The lowest BCUT2D eigenvalue weighted by Gasteiger charge is -2.36. The molecule has 3 N–H and O–H groups in total. The normalized spacial score (nSPS) is 17.4. The van der Waals surface area contributed by atoms with Gasteiger partial charge in [-0.1, -0.05) is 67.8 Å². The average Bonchev–Trinajstić information content (AvgIpc) is 3.15. The van der Waals surface area contributed by atoms with E-state index in [0.29, 0.717) is 12.8 Å². The summed E-state index contributed by atoms with van der Waals surface area (Å²) in [6.07, 6.45) is 1.43. The number of benzene rings is 2. The Bertz CT molecular complexity index is 1000. The maximum absolute atomic E-state index is 12.9. The number of hydrogen-bond donors (Lipinski definition) is 3. The molecule has 2 aromatic carbocycles. The number of alkyl carbamates (subject to hydrolysis) is 1. The third-order valence-electron chi connectivity index (χ3n) is 6.50. The molecular weight excluding hydrogens is 424 g/mol. The molecular formula is C25H28N2O6. The van der Waals surface area contributed by atoms with E-state index in [4.69, 9.17) is 14.7 Å². The van der Waals surface area contributed by atoms with E-state index >= 15 is 0 Å². The van der Waals surface area contributed by atoms with Gasteiger partial charge < -0.3 is 15.2 Å². The van der Waals surface area contributed by atoms with Crippen molar-refractivity contribution in [2.24, 2.45) is 0 Å². The average molecular weight is 453 g/mol. The molecule has 0 bridgehead atoms. The molecule has 2 aliphatic rings.